The van der Waals surface area contributed by atoms with Crippen molar-refractivity contribution in [1.29, 1.82) is 0 Å². The van der Waals surface area contributed by atoms with Gasteiger partial charge in [-0.1, -0.05) is 30.3 Å². The van der Waals surface area contributed by atoms with Crippen LogP contribution < -0.4 is 68.9 Å². The molecular formula is C9H9Na2O4P. The van der Waals surface area contributed by atoms with Gasteiger partial charge < -0.3 is 14.9 Å². The Hall–Kier alpha value is 1.04. The van der Waals surface area contributed by atoms with Crippen LogP contribution in [0.2, 0.25) is 0 Å². The van der Waals surface area contributed by atoms with Crippen LogP contribution in [0.25, 0.3) is 0 Å². The summed E-state index contributed by atoms with van der Waals surface area (Å²) in [5.41, 5.74) is -0.619. The van der Waals surface area contributed by atoms with E-state index in [4.69, 9.17) is 5.11 Å². The fourth-order valence-corrected chi connectivity index (χ4v) is 1.63. The molecule has 0 aliphatic heterocycles. The van der Waals surface area contributed by atoms with Crippen molar-refractivity contribution in [1.82, 2.24) is 0 Å². The van der Waals surface area contributed by atoms with E-state index in [0.717, 1.165) is 0 Å². The van der Waals surface area contributed by atoms with E-state index in [0.29, 0.717) is 5.56 Å². The van der Waals surface area contributed by atoms with E-state index < -0.39 is 20.0 Å². The van der Waals surface area contributed by atoms with Gasteiger partial charge in [-0.2, -0.15) is 0 Å². The summed E-state index contributed by atoms with van der Waals surface area (Å²) in [7, 11) is -2.93. The maximum atomic E-state index is 10.6. The van der Waals surface area contributed by atoms with E-state index in [2.05, 4.69) is 0 Å². The number of carboxylic acid groups (broad SMARTS) is 1. The van der Waals surface area contributed by atoms with Crippen molar-refractivity contribution in [2.45, 2.75) is 12.1 Å². The minimum atomic E-state index is -2.93. The molecule has 1 unspecified atom stereocenters. The van der Waals surface area contributed by atoms with Gasteiger partial charge in [0.25, 0.3) is 0 Å². The number of carbonyl (C=O) groups is 1. The largest absolute Gasteiger partial charge is 1.00 e. The Bertz CT molecular complexity index is 308. The quantitative estimate of drug-likeness (QED) is 0.430. The van der Waals surface area contributed by atoms with Crippen LogP contribution in [0.4, 0.5) is 0 Å². The third-order valence-corrected chi connectivity index (χ3v) is 2.72. The van der Waals surface area contributed by atoms with Gasteiger partial charge in [0.1, 0.15) is 0 Å². The minimum absolute atomic E-state index is 0. The topological polar surface area (TPSA) is 83.4 Å². The summed E-state index contributed by atoms with van der Waals surface area (Å²) in [6.07, 6.45) is 0.0227. The molecule has 0 heterocycles. The van der Waals surface area contributed by atoms with E-state index in [-0.39, 0.29) is 65.5 Å². The Morgan fingerprint density at radius 1 is 1.25 bits per heavy atom. The molecule has 0 bridgehead atoms. The maximum Gasteiger partial charge on any atom is 1.00 e. The van der Waals surface area contributed by atoms with Crippen LogP contribution in [0.5, 0.6) is 0 Å². The van der Waals surface area contributed by atoms with Crippen molar-refractivity contribution >= 4 is 14.3 Å². The first-order chi connectivity index (χ1) is 6.61. The van der Waals surface area contributed by atoms with Gasteiger partial charge in [-0.05, 0) is 12.0 Å². The fourth-order valence-electron chi connectivity index (χ4n) is 1.09. The van der Waals surface area contributed by atoms with Crippen molar-refractivity contribution in [2.75, 3.05) is 0 Å². The van der Waals surface area contributed by atoms with Crippen LogP contribution >= 0.6 is 8.38 Å². The molecule has 1 N–H and O–H groups in total. The number of hydrogen-bond acceptors (Lipinski definition) is 3. The second-order valence-corrected chi connectivity index (χ2v) is 4.02. The Kier molecular flexibility index (Phi) is 12.1. The summed E-state index contributed by atoms with van der Waals surface area (Å²) in [5.74, 6) is -1.30. The summed E-state index contributed by atoms with van der Waals surface area (Å²) in [5, 5.41) is 8.62. The summed E-state index contributed by atoms with van der Waals surface area (Å²) in [6, 6.07) is 8.68. The molecule has 1 aromatic rings. The summed E-state index contributed by atoms with van der Waals surface area (Å²) in [4.78, 5) is 31.8. The number of carboxylic acids is 1. The molecule has 0 fully saturated rings. The third kappa shape index (κ3) is 6.70. The zero-order valence-electron chi connectivity index (χ0n) is 9.29. The average Bonchev–Trinajstić information content (AvgIpc) is 2.15. The average molecular weight is 258 g/mol. The second kappa shape index (κ2) is 10.0. The fraction of sp³-hybridized carbons (Fsp3) is 0.222. The summed E-state index contributed by atoms with van der Waals surface area (Å²) < 4.78 is 0. The first kappa shape index (κ1) is 19.4. The molecular weight excluding hydrogens is 249 g/mol. The summed E-state index contributed by atoms with van der Waals surface area (Å²) in [6.45, 7) is 0. The third-order valence-electron chi connectivity index (χ3n) is 1.81. The first-order valence-electron chi connectivity index (χ1n) is 4.01. The van der Waals surface area contributed by atoms with Crippen molar-refractivity contribution in [3.8, 4) is 0 Å². The molecule has 0 aliphatic rings. The molecule has 1 atom stereocenters. The second-order valence-electron chi connectivity index (χ2n) is 2.83. The van der Waals surface area contributed by atoms with Crippen LogP contribution in [0.3, 0.4) is 0 Å². The Morgan fingerprint density at radius 2 is 1.75 bits per heavy atom. The van der Waals surface area contributed by atoms with Crippen LogP contribution in [-0.4, -0.2) is 16.7 Å². The smallest absolute Gasteiger partial charge is 0.841 e. The zero-order chi connectivity index (χ0) is 10.6. The van der Waals surface area contributed by atoms with Crippen LogP contribution in [0, 0.1) is 0 Å². The molecule has 0 aliphatic carbocycles. The Morgan fingerprint density at radius 3 is 2.12 bits per heavy atom. The number of benzene rings is 1. The van der Waals surface area contributed by atoms with E-state index in [1.807, 2.05) is 0 Å². The van der Waals surface area contributed by atoms with Crippen molar-refractivity contribution in [3.63, 3.8) is 0 Å². The summed E-state index contributed by atoms with van der Waals surface area (Å²) >= 11 is 0. The van der Waals surface area contributed by atoms with Gasteiger partial charge in [0.2, 0.25) is 0 Å². The van der Waals surface area contributed by atoms with Gasteiger partial charge in [0, 0.05) is 0 Å². The van der Waals surface area contributed by atoms with Crippen LogP contribution in [0.1, 0.15) is 5.56 Å². The van der Waals surface area contributed by atoms with E-state index >= 15 is 0 Å². The number of aliphatic carboxylic acids is 1. The SMILES string of the molecule is O=C(O)C(Cc1ccccc1)P([O-])[O-].[Na+].[Na+]. The Balaban J connectivity index is 0. The van der Waals surface area contributed by atoms with Crippen LogP contribution in [-0.2, 0) is 11.2 Å². The minimum Gasteiger partial charge on any atom is -0.841 e. The van der Waals surface area contributed by atoms with E-state index in [1.54, 1.807) is 30.3 Å². The van der Waals surface area contributed by atoms with Gasteiger partial charge in [-0.15, -0.1) is 0 Å². The van der Waals surface area contributed by atoms with Gasteiger partial charge in [0.05, 0.1) is 5.66 Å². The number of hydrogen-bond donors (Lipinski definition) is 1. The normalized spacial score (nSPS) is 11.2. The molecule has 7 heteroatoms. The monoisotopic (exact) mass is 258 g/mol. The van der Waals surface area contributed by atoms with Crippen LogP contribution in [0.15, 0.2) is 30.3 Å². The molecule has 0 spiro atoms. The molecule has 0 saturated heterocycles. The standard InChI is InChI=1S/C9H9O4P.2Na/c10-9(11)8(14(12)13)6-7-4-2-1-3-5-7;;/h1-5,8H,6H2,(H,10,11);;/q-2;2*+1. The van der Waals surface area contributed by atoms with Crippen molar-refractivity contribution in [2.24, 2.45) is 0 Å². The predicted octanol–water partition coefficient (Wildman–Crippen LogP) is -6.28. The van der Waals surface area contributed by atoms with E-state index in [9.17, 15) is 14.6 Å². The Labute approximate surface area is 140 Å². The van der Waals surface area contributed by atoms with E-state index in [1.165, 1.54) is 0 Å². The molecule has 1 rings (SSSR count). The maximum absolute atomic E-state index is 10.6. The van der Waals surface area contributed by atoms with Gasteiger partial charge in [-0.25, -0.2) is 0 Å². The van der Waals surface area contributed by atoms with Crippen molar-refractivity contribution < 1.29 is 78.8 Å². The zero-order valence-corrected chi connectivity index (χ0v) is 14.2. The molecule has 0 amide bonds. The molecule has 1 aromatic carbocycles. The van der Waals surface area contributed by atoms with Crippen molar-refractivity contribution in [3.05, 3.63) is 35.9 Å². The van der Waals surface area contributed by atoms with Gasteiger partial charge in [0.15, 0.2) is 0 Å². The van der Waals surface area contributed by atoms with Gasteiger partial charge >= 0.3 is 65.1 Å². The van der Waals surface area contributed by atoms with Gasteiger partial charge in [-0.3, -0.25) is 13.2 Å². The molecule has 16 heavy (non-hydrogen) atoms. The molecule has 0 radical (unpaired) electrons. The first-order valence-corrected chi connectivity index (χ1v) is 5.26. The number of rotatable bonds is 4. The predicted molar refractivity (Wildman–Crippen MR) is 48.5 cm³/mol. The molecule has 0 saturated carbocycles. The molecule has 0 aromatic heterocycles. The molecule has 4 nitrogen and oxygen atoms in total. The molecule has 76 valence electrons.